The van der Waals surface area contributed by atoms with Crippen LogP contribution in [0.5, 0.6) is 0 Å². The fraction of sp³-hybridized carbons (Fsp3) is 0.105. The summed E-state index contributed by atoms with van der Waals surface area (Å²) in [7, 11) is 0. The van der Waals surface area contributed by atoms with E-state index in [2.05, 4.69) is 20.8 Å². The number of nitrogens with one attached hydrogen (secondary N) is 2. The summed E-state index contributed by atoms with van der Waals surface area (Å²) in [6.07, 6.45) is 1.68. The lowest BCUT2D eigenvalue weighted by molar-refractivity contribution is -0.119. The summed E-state index contributed by atoms with van der Waals surface area (Å²) in [5.41, 5.74) is 14.0. The second-order valence-corrected chi connectivity index (χ2v) is 6.75. The topological polar surface area (TPSA) is 92.9 Å². The smallest absolute Gasteiger partial charge is 0.242 e. The highest BCUT2D eigenvalue weighted by Gasteiger charge is 2.11. The van der Waals surface area contributed by atoms with Gasteiger partial charge in [0.25, 0.3) is 0 Å². The molecule has 0 unspecified atom stereocenters. The number of anilines is 2. The maximum Gasteiger partial charge on any atom is 0.242 e. The summed E-state index contributed by atoms with van der Waals surface area (Å²) in [6, 6.07) is 17.6. The maximum atomic E-state index is 12.0. The summed E-state index contributed by atoms with van der Waals surface area (Å²) in [6.45, 7) is 2.04. The van der Waals surface area contributed by atoms with E-state index in [1.54, 1.807) is 0 Å². The van der Waals surface area contributed by atoms with Gasteiger partial charge in [-0.25, -0.2) is 9.97 Å². The molecule has 0 aliphatic carbocycles. The quantitative estimate of drug-likeness (QED) is 0.459. The van der Waals surface area contributed by atoms with Gasteiger partial charge < -0.3 is 5.73 Å². The van der Waals surface area contributed by atoms with Crippen molar-refractivity contribution in [2.24, 2.45) is 0 Å². The van der Waals surface area contributed by atoms with Crippen molar-refractivity contribution in [3.05, 3.63) is 72.1 Å². The molecular formula is C19H19N5OS. The third-order valence-corrected chi connectivity index (χ3v) is 4.64. The van der Waals surface area contributed by atoms with Crippen molar-refractivity contribution in [3.8, 4) is 0 Å². The normalized spacial score (nSPS) is 10.3. The number of nitrogens with zero attached hydrogens (tertiary/aromatic N) is 2. The molecule has 0 atom stereocenters. The van der Waals surface area contributed by atoms with Gasteiger partial charge in [0.15, 0.2) is 5.82 Å². The van der Waals surface area contributed by atoms with Crippen molar-refractivity contribution in [2.45, 2.75) is 23.3 Å². The molecule has 0 saturated carbocycles. The number of rotatable bonds is 6. The predicted octanol–water partition coefficient (Wildman–Crippen LogP) is 3.20. The predicted molar refractivity (Wildman–Crippen MR) is 104 cm³/mol. The molecule has 0 aliphatic heterocycles. The van der Waals surface area contributed by atoms with Gasteiger partial charge in [-0.1, -0.05) is 59.8 Å². The third kappa shape index (κ3) is 4.73. The molecular weight excluding hydrogens is 346 g/mol. The molecule has 2 aromatic carbocycles. The Morgan fingerprint density at radius 3 is 2.54 bits per heavy atom. The number of aryl methyl sites for hydroxylation is 1. The molecule has 1 aromatic heterocycles. The van der Waals surface area contributed by atoms with Gasteiger partial charge in [-0.2, -0.15) is 0 Å². The monoisotopic (exact) mass is 365 g/mol. The number of nitrogens with two attached hydrogens (primary N) is 1. The van der Waals surface area contributed by atoms with Gasteiger partial charge >= 0.3 is 0 Å². The summed E-state index contributed by atoms with van der Waals surface area (Å²) in [5, 5.41) is 0.628. The summed E-state index contributed by atoms with van der Waals surface area (Å²) in [5.74, 6) is 0.193. The number of hydrogen-bond donors (Lipinski definition) is 3. The van der Waals surface area contributed by atoms with Crippen molar-refractivity contribution >= 4 is 29.2 Å². The Labute approximate surface area is 156 Å². The summed E-state index contributed by atoms with van der Waals surface area (Å²) >= 11 is 1.45. The van der Waals surface area contributed by atoms with Crippen LogP contribution in [0.4, 0.5) is 11.5 Å². The number of carbonyl (C=O) groups is 1. The third-order valence-electron chi connectivity index (χ3n) is 3.61. The molecule has 0 saturated heterocycles. The number of carbonyl (C=O) groups excluding carboxylic acids is 1. The zero-order chi connectivity index (χ0) is 18.4. The van der Waals surface area contributed by atoms with E-state index >= 15 is 0 Å². The molecule has 0 aliphatic rings. The van der Waals surface area contributed by atoms with Gasteiger partial charge in [-0.3, -0.25) is 15.6 Å². The van der Waals surface area contributed by atoms with Crippen LogP contribution in [-0.2, 0) is 11.2 Å². The van der Waals surface area contributed by atoms with E-state index < -0.39 is 0 Å². The van der Waals surface area contributed by atoms with Crippen molar-refractivity contribution in [1.29, 1.82) is 0 Å². The number of hydrogen-bond acceptors (Lipinski definition) is 6. The lowest BCUT2D eigenvalue weighted by Gasteiger charge is -2.12. The Morgan fingerprint density at radius 2 is 1.81 bits per heavy atom. The van der Waals surface area contributed by atoms with Crippen molar-refractivity contribution in [1.82, 2.24) is 15.4 Å². The standard InChI is InChI=1S/C19H19N5OS/c1-13-7-9-15(10-8-13)26-19-17(20)18(21-12-22-19)24-23-16(25)11-14-5-3-2-4-6-14/h2-10,12H,11,20H2,1H3,(H,23,25)(H,21,22,24). The van der Waals surface area contributed by atoms with Crippen molar-refractivity contribution < 1.29 is 4.79 Å². The van der Waals surface area contributed by atoms with E-state index in [9.17, 15) is 4.79 Å². The minimum absolute atomic E-state index is 0.179. The Balaban J connectivity index is 1.63. The average molecular weight is 365 g/mol. The number of amides is 1. The molecule has 26 heavy (non-hydrogen) atoms. The Morgan fingerprint density at radius 1 is 1.08 bits per heavy atom. The number of aromatic nitrogens is 2. The first-order valence-corrected chi connectivity index (χ1v) is 8.87. The van der Waals surface area contributed by atoms with Crippen LogP contribution in [0, 0.1) is 6.92 Å². The highest BCUT2D eigenvalue weighted by Crippen LogP contribution is 2.32. The first kappa shape index (κ1) is 17.8. The molecule has 0 bridgehead atoms. The fourth-order valence-corrected chi connectivity index (χ4v) is 3.03. The van der Waals surface area contributed by atoms with Crippen LogP contribution < -0.4 is 16.6 Å². The van der Waals surface area contributed by atoms with Crippen molar-refractivity contribution in [2.75, 3.05) is 11.2 Å². The van der Waals surface area contributed by atoms with Crippen LogP contribution >= 0.6 is 11.8 Å². The van der Waals surface area contributed by atoms with Crippen LogP contribution in [0.3, 0.4) is 0 Å². The molecule has 3 rings (SSSR count). The molecule has 7 heteroatoms. The van der Waals surface area contributed by atoms with Gasteiger partial charge in [0, 0.05) is 4.90 Å². The van der Waals surface area contributed by atoms with Crippen LogP contribution in [0.15, 0.2) is 70.8 Å². The summed E-state index contributed by atoms with van der Waals surface area (Å²) < 4.78 is 0. The molecule has 1 amide bonds. The van der Waals surface area contributed by atoms with Gasteiger partial charge in [0.2, 0.25) is 5.91 Å². The van der Waals surface area contributed by atoms with E-state index in [0.29, 0.717) is 16.5 Å². The lowest BCUT2D eigenvalue weighted by Crippen LogP contribution is -2.31. The zero-order valence-electron chi connectivity index (χ0n) is 14.3. The molecule has 4 N–H and O–H groups in total. The average Bonchev–Trinajstić information content (AvgIpc) is 2.65. The van der Waals surface area contributed by atoms with Crippen LogP contribution in [-0.4, -0.2) is 15.9 Å². The zero-order valence-corrected chi connectivity index (χ0v) is 15.1. The number of nitrogen functional groups attached to an aromatic ring is 1. The minimum Gasteiger partial charge on any atom is -0.393 e. The molecule has 3 aromatic rings. The van der Waals surface area contributed by atoms with E-state index in [1.165, 1.54) is 23.7 Å². The van der Waals surface area contributed by atoms with Crippen molar-refractivity contribution in [3.63, 3.8) is 0 Å². The second kappa shape index (κ2) is 8.35. The van der Waals surface area contributed by atoms with Gasteiger partial charge in [0.1, 0.15) is 17.0 Å². The van der Waals surface area contributed by atoms with E-state index in [-0.39, 0.29) is 12.3 Å². The van der Waals surface area contributed by atoms with Crippen LogP contribution in [0.1, 0.15) is 11.1 Å². The van der Waals surface area contributed by atoms with E-state index in [4.69, 9.17) is 5.73 Å². The second-order valence-electron chi connectivity index (χ2n) is 5.69. The Kier molecular flexibility index (Phi) is 5.70. The first-order valence-electron chi connectivity index (χ1n) is 8.05. The highest BCUT2D eigenvalue weighted by atomic mass is 32.2. The van der Waals surface area contributed by atoms with Gasteiger partial charge in [0.05, 0.1) is 6.42 Å². The Bertz CT molecular complexity index is 884. The van der Waals surface area contributed by atoms with E-state index in [0.717, 1.165) is 10.5 Å². The number of benzene rings is 2. The van der Waals surface area contributed by atoms with E-state index in [1.807, 2.05) is 61.5 Å². The molecule has 0 spiro atoms. The highest BCUT2D eigenvalue weighted by molar-refractivity contribution is 7.99. The van der Waals surface area contributed by atoms with Gasteiger partial charge in [-0.15, -0.1) is 0 Å². The summed E-state index contributed by atoms with van der Waals surface area (Å²) in [4.78, 5) is 21.4. The van der Waals surface area contributed by atoms with Gasteiger partial charge in [-0.05, 0) is 24.6 Å². The maximum absolute atomic E-state index is 12.0. The molecule has 0 radical (unpaired) electrons. The lowest BCUT2D eigenvalue weighted by atomic mass is 10.1. The molecule has 0 fully saturated rings. The number of hydrazine groups is 1. The SMILES string of the molecule is Cc1ccc(Sc2ncnc(NNC(=O)Cc3ccccc3)c2N)cc1. The van der Waals surface area contributed by atoms with Crippen LogP contribution in [0.2, 0.25) is 0 Å². The largest absolute Gasteiger partial charge is 0.393 e. The Hall–Kier alpha value is -3.06. The molecule has 132 valence electrons. The molecule has 1 heterocycles. The minimum atomic E-state index is -0.179. The first-order chi connectivity index (χ1) is 12.6. The fourth-order valence-electron chi connectivity index (χ4n) is 2.23. The van der Waals surface area contributed by atoms with Crippen LogP contribution in [0.25, 0.3) is 0 Å². The molecule has 6 nitrogen and oxygen atoms in total.